The van der Waals surface area contributed by atoms with Gasteiger partial charge in [0.1, 0.15) is 17.4 Å². The number of sulfonamides is 1. The molecule has 4 bridgehead atoms. The maximum absolute atomic E-state index is 14.0. The van der Waals surface area contributed by atoms with E-state index in [1.54, 1.807) is 6.07 Å². The van der Waals surface area contributed by atoms with E-state index >= 15 is 0 Å². The van der Waals surface area contributed by atoms with Gasteiger partial charge in [-0.2, -0.15) is 21.6 Å². The molecule has 37 heavy (non-hydrogen) atoms. The molecule has 3 aromatic rings. The van der Waals surface area contributed by atoms with E-state index in [-0.39, 0.29) is 55.0 Å². The van der Waals surface area contributed by atoms with Crippen LogP contribution in [0.5, 0.6) is 0 Å². The third-order valence-electron chi connectivity index (χ3n) is 5.58. The van der Waals surface area contributed by atoms with Crippen LogP contribution in [0.2, 0.25) is 0 Å². The van der Waals surface area contributed by atoms with E-state index in [0.717, 1.165) is 17.0 Å². The van der Waals surface area contributed by atoms with E-state index in [2.05, 4.69) is 14.7 Å². The molecule has 2 aromatic heterocycles. The van der Waals surface area contributed by atoms with Crippen molar-refractivity contribution in [2.45, 2.75) is 50.2 Å². The van der Waals surface area contributed by atoms with Gasteiger partial charge < -0.3 is 9.69 Å². The maximum atomic E-state index is 14.0. The number of Topliss-reactive ketones (excluding diaryl/α,β-unsaturated/α-hetero) is 1. The number of ketones is 1. The minimum atomic E-state index is -4.84. The van der Waals surface area contributed by atoms with Gasteiger partial charge in [0.05, 0.1) is 11.3 Å². The van der Waals surface area contributed by atoms with Gasteiger partial charge in [-0.05, 0) is 62.4 Å². The molecule has 0 saturated carbocycles. The Labute approximate surface area is 219 Å². The van der Waals surface area contributed by atoms with Crippen LogP contribution < -0.4 is 9.62 Å². The van der Waals surface area contributed by atoms with Crippen molar-refractivity contribution < 1.29 is 31.9 Å². The number of benzene rings is 1. The Kier molecular flexibility index (Phi) is 6.35. The van der Waals surface area contributed by atoms with Crippen LogP contribution in [-0.4, -0.2) is 37.2 Å². The first kappa shape index (κ1) is 21.6. The molecule has 7 nitrogen and oxygen atoms in total. The van der Waals surface area contributed by atoms with Gasteiger partial charge in [-0.25, -0.2) is 9.97 Å². The number of hydrogen-bond donors (Lipinski definition) is 1. The summed E-state index contributed by atoms with van der Waals surface area (Å²) >= 11 is 0. The highest BCUT2D eigenvalue weighted by Gasteiger charge is 2.35. The van der Waals surface area contributed by atoms with Crippen LogP contribution in [0.15, 0.2) is 59.6 Å². The molecular formula is C26H27F3N4O3S. The van der Waals surface area contributed by atoms with Crippen molar-refractivity contribution in [1.82, 2.24) is 9.97 Å². The van der Waals surface area contributed by atoms with Crippen molar-refractivity contribution in [2.24, 2.45) is 0 Å². The molecule has 0 unspecified atom stereocenters. The Morgan fingerprint density at radius 3 is 2.68 bits per heavy atom. The Balaban J connectivity index is 1.92. The summed E-state index contributed by atoms with van der Waals surface area (Å²) in [7, 11) is -4.50. The highest BCUT2D eigenvalue weighted by atomic mass is 32.2. The molecule has 0 atom stereocenters. The summed E-state index contributed by atoms with van der Waals surface area (Å²) in [4.78, 5) is 20.8. The number of anilines is 2. The third kappa shape index (κ3) is 6.46. The zero-order valence-electron chi connectivity index (χ0n) is 23.8. The molecular weight excluding hydrogens is 505 g/mol. The van der Waals surface area contributed by atoms with Crippen molar-refractivity contribution in [3.63, 3.8) is 0 Å². The topological polar surface area (TPSA) is 92.3 Å². The summed E-state index contributed by atoms with van der Waals surface area (Å²) in [6, 6.07) is 11.2. The number of hydrogen-bond acceptors (Lipinski definition) is 6. The molecule has 0 fully saturated rings. The fourth-order valence-corrected chi connectivity index (χ4v) is 4.77. The van der Waals surface area contributed by atoms with Crippen molar-refractivity contribution >= 4 is 27.4 Å². The molecule has 1 aromatic carbocycles. The first-order valence-electron chi connectivity index (χ1n) is 13.4. The normalized spacial score (nSPS) is 19.0. The largest absolute Gasteiger partial charge is 0.418 e. The summed E-state index contributed by atoms with van der Waals surface area (Å²) in [5.41, 5.74) is -1.51. The Morgan fingerprint density at radius 2 is 1.92 bits per heavy atom. The van der Waals surface area contributed by atoms with Gasteiger partial charge in [-0.3, -0.25) is 4.72 Å². The lowest BCUT2D eigenvalue weighted by Crippen LogP contribution is -2.28. The second-order valence-electron chi connectivity index (χ2n) is 8.38. The average molecular weight is 537 g/mol. The highest BCUT2D eigenvalue weighted by Crippen LogP contribution is 2.38. The number of nitrogens with zero attached hydrogens (tertiary/aromatic N) is 3. The van der Waals surface area contributed by atoms with Gasteiger partial charge >= 0.3 is 6.18 Å². The second kappa shape index (κ2) is 10.9. The molecule has 4 rings (SSSR count). The van der Waals surface area contributed by atoms with E-state index in [0.29, 0.717) is 6.07 Å². The standard InChI is InChI=1S/C26H27F3N4O3S/c1-18(34)8-7-17-33-16-5-4-10-19-9-2-3-11-20(19)25-21(26(27,28)29)14-15-22(30-25)32-37(35,36)24-13-6-12-23(33)31-24/h2-3,6,9,11-15H,4-5,7-8,10,16-17H2,1H3,(H,30,32)/i4D2,17D2. The number of pyridine rings is 2. The summed E-state index contributed by atoms with van der Waals surface area (Å²) in [6.07, 6.45) is -7.89. The lowest BCUT2D eigenvalue weighted by Gasteiger charge is -2.24. The monoisotopic (exact) mass is 536 g/mol. The number of halogens is 3. The van der Waals surface area contributed by atoms with Gasteiger partial charge in [-0.15, -0.1) is 0 Å². The first-order chi connectivity index (χ1) is 19.0. The molecule has 0 saturated heterocycles. The van der Waals surface area contributed by atoms with Crippen LogP contribution in [0, 0.1) is 0 Å². The van der Waals surface area contributed by atoms with Crippen molar-refractivity contribution in [2.75, 3.05) is 22.7 Å². The number of carbonyl (C=O) groups excluding carboxylic acids is 1. The van der Waals surface area contributed by atoms with Crippen LogP contribution in [0.4, 0.5) is 24.8 Å². The van der Waals surface area contributed by atoms with Crippen molar-refractivity contribution in [1.29, 1.82) is 0 Å². The van der Waals surface area contributed by atoms with E-state index < -0.39 is 51.2 Å². The number of nitrogens with one attached hydrogen (secondary N) is 1. The Hall–Kier alpha value is -3.47. The number of fused-ring (bicyclic) bond motifs is 6. The summed E-state index contributed by atoms with van der Waals surface area (Å²) in [5, 5.41) is -0.552. The maximum Gasteiger partial charge on any atom is 0.418 e. The van der Waals surface area contributed by atoms with Gasteiger partial charge in [0, 0.05) is 30.5 Å². The van der Waals surface area contributed by atoms with E-state index in [1.165, 1.54) is 37.3 Å². The fraction of sp³-hybridized carbons (Fsp3) is 0.346. The number of alkyl halides is 3. The first-order valence-corrected chi connectivity index (χ1v) is 12.9. The van der Waals surface area contributed by atoms with Crippen LogP contribution in [0.1, 0.15) is 49.2 Å². The molecule has 1 N–H and O–H groups in total. The summed E-state index contributed by atoms with van der Waals surface area (Å²) in [6.45, 7) is -1.18. The number of aromatic nitrogens is 2. The van der Waals surface area contributed by atoms with Gasteiger partial charge in [0.2, 0.25) is 0 Å². The molecule has 0 spiro atoms. The number of rotatable bonds is 4. The molecule has 0 radical (unpaired) electrons. The minimum absolute atomic E-state index is 0.0213. The van der Waals surface area contributed by atoms with Crippen LogP contribution in [0.25, 0.3) is 11.3 Å². The number of aryl methyl sites for hydroxylation is 1. The average Bonchev–Trinajstić information content (AvgIpc) is 2.86. The van der Waals surface area contributed by atoms with Crippen molar-refractivity contribution in [3.05, 3.63) is 65.7 Å². The predicted octanol–water partition coefficient (Wildman–Crippen LogP) is 5.48. The summed E-state index contributed by atoms with van der Waals surface area (Å²) < 4.78 is 105. The predicted molar refractivity (Wildman–Crippen MR) is 135 cm³/mol. The molecule has 0 aliphatic carbocycles. The summed E-state index contributed by atoms with van der Waals surface area (Å²) in [5.74, 6) is -0.796. The minimum Gasteiger partial charge on any atom is -0.357 e. The Bertz CT molecular complexity index is 1570. The third-order valence-corrected chi connectivity index (χ3v) is 6.84. The Morgan fingerprint density at radius 1 is 1.14 bits per heavy atom. The van der Waals surface area contributed by atoms with Crippen LogP contribution >= 0.6 is 0 Å². The van der Waals surface area contributed by atoms with Crippen molar-refractivity contribution in [3.8, 4) is 11.3 Å². The fourth-order valence-electron chi connectivity index (χ4n) is 3.80. The molecule has 1 aliphatic heterocycles. The molecule has 196 valence electrons. The van der Waals surface area contributed by atoms with Gasteiger partial charge in [0.15, 0.2) is 5.03 Å². The lowest BCUT2D eigenvalue weighted by molar-refractivity contribution is -0.137. The zero-order valence-corrected chi connectivity index (χ0v) is 20.7. The molecule has 1 aliphatic rings. The van der Waals surface area contributed by atoms with E-state index in [1.807, 2.05) is 0 Å². The smallest absolute Gasteiger partial charge is 0.357 e. The van der Waals surface area contributed by atoms with Crippen LogP contribution in [-0.2, 0) is 27.4 Å². The zero-order chi connectivity index (χ0) is 30.2. The molecule has 3 heterocycles. The number of carbonyl (C=O) groups is 1. The quantitative estimate of drug-likeness (QED) is 0.475. The van der Waals surface area contributed by atoms with E-state index in [4.69, 9.17) is 5.48 Å². The molecule has 11 heteroatoms. The van der Waals surface area contributed by atoms with Gasteiger partial charge in [0.25, 0.3) is 10.0 Å². The van der Waals surface area contributed by atoms with E-state index in [9.17, 15) is 26.4 Å². The SMILES string of the molecule is [2H]C1([2H])CCN(C([2H])([2H])CCC(C)=O)c2cccc(n2)S(=O)(=O)Nc2ccc(C(F)(F)F)c(n2)-c2ccccc2C1. The molecule has 0 amide bonds. The van der Waals surface area contributed by atoms with Gasteiger partial charge in [-0.1, -0.05) is 30.3 Å². The lowest BCUT2D eigenvalue weighted by atomic mass is 9.96. The van der Waals surface area contributed by atoms with Crippen LogP contribution in [0.3, 0.4) is 0 Å². The second-order valence-corrected chi connectivity index (χ2v) is 10.0. The highest BCUT2D eigenvalue weighted by molar-refractivity contribution is 7.92.